The fourth-order valence-corrected chi connectivity index (χ4v) is 3.64. The maximum Gasteiger partial charge on any atom is 0.335 e. The number of nitrogens with zero attached hydrogens (tertiary/aromatic N) is 2. The first kappa shape index (κ1) is 18.5. The number of hydrogen-bond donors (Lipinski definition) is 2. The van der Waals surface area contributed by atoms with E-state index in [9.17, 15) is 14.7 Å². The van der Waals surface area contributed by atoms with Gasteiger partial charge in [-0.1, -0.05) is 17.7 Å². The minimum Gasteiger partial charge on any atom is -0.479 e. The molecule has 0 saturated carbocycles. The third-order valence-electron chi connectivity index (χ3n) is 5.00. The van der Waals surface area contributed by atoms with Gasteiger partial charge in [-0.3, -0.25) is 4.79 Å². The van der Waals surface area contributed by atoms with Crippen molar-refractivity contribution in [1.82, 2.24) is 9.47 Å². The lowest BCUT2D eigenvalue weighted by Crippen LogP contribution is -2.50. The Hall–Kier alpha value is -2.31. The zero-order valence-corrected chi connectivity index (χ0v) is 15.5. The topological polar surface area (TPSA) is 82.8 Å². The quantitative estimate of drug-likeness (QED) is 0.862. The molecule has 0 atom stereocenters. The Bertz CT molecular complexity index is 866. The number of carbonyl (C=O) groups excluding carboxylic acids is 1. The number of piperidine rings is 1. The smallest absolute Gasteiger partial charge is 0.335 e. The average molecular weight is 377 g/mol. The summed E-state index contributed by atoms with van der Waals surface area (Å²) in [5.41, 5.74) is 1.42. The van der Waals surface area contributed by atoms with Crippen LogP contribution < -0.4 is 0 Å². The molecule has 6 nitrogen and oxygen atoms in total. The molecule has 2 heterocycles. The molecule has 1 saturated heterocycles. The van der Waals surface area contributed by atoms with Gasteiger partial charge in [0.05, 0.1) is 5.56 Å². The molecule has 1 fully saturated rings. The van der Waals surface area contributed by atoms with E-state index >= 15 is 0 Å². The second kappa shape index (κ2) is 6.78. The molecule has 0 spiro atoms. The lowest BCUT2D eigenvalue weighted by molar-refractivity contribution is -0.162. The molecule has 0 aliphatic carbocycles. The van der Waals surface area contributed by atoms with E-state index in [0.717, 1.165) is 17.1 Å². The number of carboxylic acids is 1. The molecule has 1 amide bonds. The maximum absolute atomic E-state index is 12.9. The summed E-state index contributed by atoms with van der Waals surface area (Å²) in [6.07, 6.45) is 0.0577. The van der Waals surface area contributed by atoms with Crippen molar-refractivity contribution in [1.29, 1.82) is 0 Å². The van der Waals surface area contributed by atoms with Crippen LogP contribution in [-0.2, 0) is 4.79 Å². The number of aromatic nitrogens is 1. The lowest BCUT2D eigenvalue weighted by Gasteiger charge is -2.35. The van der Waals surface area contributed by atoms with Gasteiger partial charge in [0.1, 0.15) is 0 Å². The second-order valence-corrected chi connectivity index (χ2v) is 7.17. The van der Waals surface area contributed by atoms with Crippen LogP contribution >= 0.6 is 11.6 Å². The van der Waals surface area contributed by atoms with Gasteiger partial charge < -0.3 is 19.7 Å². The van der Waals surface area contributed by atoms with Gasteiger partial charge >= 0.3 is 5.97 Å². The Labute approximate surface area is 156 Å². The molecule has 1 aromatic carbocycles. The van der Waals surface area contributed by atoms with Crippen LogP contribution in [0.4, 0.5) is 0 Å². The first-order valence-corrected chi connectivity index (χ1v) is 8.81. The van der Waals surface area contributed by atoms with Gasteiger partial charge in [-0.15, -0.1) is 0 Å². The molecule has 1 aliphatic heterocycles. The number of rotatable bonds is 3. The second-order valence-electron chi connectivity index (χ2n) is 6.73. The zero-order valence-electron chi connectivity index (χ0n) is 14.7. The predicted molar refractivity (Wildman–Crippen MR) is 98.0 cm³/mol. The molecule has 0 radical (unpaired) electrons. The number of carboxylic acid groups (broad SMARTS) is 1. The number of benzene rings is 1. The van der Waals surface area contributed by atoms with Crippen LogP contribution in [0.25, 0.3) is 5.69 Å². The van der Waals surface area contributed by atoms with Crippen LogP contribution in [0.3, 0.4) is 0 Å². The molecular formula is C19H21ClN2O4. The highest BCUT2D eigenvalue weighted by molar-refractivity contribution is 6.30. The van der Waals surface area contributed by atoms with Crippen LogP contribution in [0, 0.1) is 13.8 Å². The summed E-state index contributed by atoms with van der Waals surface area (Å²) in [6.45, 7) is 4.22. The Morgan fingerprint density at radius 2 is 1.81 bits per heavy atom. The zero-order chi connectivity index (χ0) is 19.1. The molecule has 7 heteroatoms. The van der Waals surface area contributed by atoms with Crippen LogP contribution in [0.1, 0.15) is 34.6 Å². The van der Waals surface area contributed by atoms with Gasteiger partial charge in [-0.2, -0.15) is 0 Å². The monoisotopic (exact) mass is 376 g/mol. The molecule has 1 aliphatic rings. The van der Waals surface area contributed by atoms with E-state index in [2.05, 4.69) is 0 Å². The molecule has 0 bridgehead atoms. The molecule has 26 heavy (non-hydrogen) atoms. The summed E-state index contributed by atoms with van der Waals surface area (Å²) < 4.78 is 1.97. The highest BCUT2D eigenvalue weighted by Gasteiger charge is 2.40. The van der Waals surface area contributed by atoms with E-state index in [1.165, 1.54) is 0 Å². The SMILES string of the molecule is Cc1cc(C(=O)N2CCC(O)(C(=O)O)CC2)c(C)n1-c1cccc(Cl)c1. The Morgan fingerprint density at radius 3 is 2.38 bits per heavy atom. The summed E-state index contributed by atoms with van der Waals surface area (Å²) in [5.74, 6) is -1.39. The number of hydrogen-bond acceptors (Lipinski definition) is 3. The minimum absolute atomic E-state index is 0.0289. The molecule has 2 N–H and O–H groups in total. The van der Waals surface area contributed by atoms with E-state index in [4.69, 9.17) is 16.7 Å². The summed E-state index contributed by atoms with van der Waals surface area (Å²) in [6, 6.07) is 9.24. The van der Waals surface area contributed by atoms with Gasteiger partial charge in [0, 0.05) is 48.0 Å². The van der Waals surface area contributed by atoms with Crippen molar-refractivity contribution in [2.75, 3.05) is 13.1 Å². The Balaban J connectivity index is 1.86. The number of aliphatic carboxylic acids is 1. The standard InChI is InChI=1S/C19H21ClN2O4/c1-12-10-16(13(2)22(12)15-5-3-4-14(20)11-15)17(23)21-8-6-19(26,7-9-21)18(24)25/h3-5,10-11,26H,6-9H2,1-2H3,(H,24,25). The summed E-state index contributed by atoms with van der Waals surface area (Å²) in [7, 11) is 0. The van der Waals surface area contributed by atoms with Crippen molar-refractivity contribution >= 4 is 23.5 Å². The van der Waals surface area contributed by atoms with Crippen LogP contribution in [0.2, 0.25) is 5.02 Å². The van der Waals surface area contributed by atoms with Crippen LogP contribution in [-0.4, -0.2) is 50.2 Å². The van der Waals surface area contributed by atoms with E-state index in [1.807, 2.05) is 42.7 Å². The van der Waals surface area contributed by atoms with E-state index in [-0.39, 0.29) is 31.8 Å². The predicted octanol–water partition coefficient (Wildman–Crippen LogP) is 2.80. The summed E-state index contributed by atoms with van der Waals surface area (Å²) in [4.78, 5) is 25.7. The third kappa shape index (κ3) is 3.22. The van der Waals surface area contributed by atoms with Crippen molar-refractivity contribution in [3.63, 3.8) is 0 Å². The molecule has 1 aromatic heterocycles. The van der Waals surface area contributed by atoms with Crippen molar-refractivity contribution in [2.45, 2.75) is 32.3 Å². The fraction of sp³-hybridized carbons (Fsp3) is 0.368. The molecule has 3 rings (SSSR count). The first-order valence-electron chi connectivity index (χ1n) is 8.43. The van der Waals surface area contributed by atoms with E-state index in [0.29, 0.717) is 10.6 Å². The van der Waals surface area contributed by atoms with Crippen molar-refractivity contribution in [3.8, 4) is 5.69 Å². The largest absolute Gasteiger partial charge is 0.479 e. The maximum atomic E-state index is 12.9. The molecule has 138 valence electrons. The third-order valence-corrected chi connectivity index (χ3v) is 5.24. The Morgan fingerprint density at radius 1 is 1.15 bits per heavy atom. The average Bonchev–Trinajstić information content (AvgIpc) is 2.89. The lowest BCUT2D eigenvalue weighted by atomic mass is 9.91. The van der Waals surface area contributed by atoms with Gasteiger partial charge in [0.15, 0.2) is 5.60 Å². The van der Waals surface area contributed by atoms with Crippen LogP contribution in [0.15, 0.2) is 30.3 Å². The number of aryl methyl sites for hydroxylation is 1. The van der Waals surface area contributed by atoms with E-state index in [1.54, 1.807) is 11.0 Å². The van der Waals surface area contributed by atoms with Crippen molar-refractivity contribution in [3.05, 3.63) is 52.3 Å². The first-order chi connectivity index (χ1) is 12.2. The van der Waals surface area contributed by atoms with Gasteiger partial charge in [-0.25, -0.2) is 4.79 Å². The van der Waals surface area contributed by atoms with Gasteiger partial charge in [0.2, 0.25) is 0 Å². The normalized spacial score (nSPS) is 16.5. The van der Waals surface area contributed by atoms with Crippen molar-refractivity contribution < 1.29 is 19.8 Å². The number of aliphatic hydroxyl groups is 1. The number of likely N-dealkylation sites (tertiary alicyclic amines) is 1. The number of halogens is 1. The van der Waals surface area contributed by atoms with Gasteiger partial charge in [-0.05, 0) is 38.1 Å². The summed E-state index contributed by atoms with van der Waals surface area (Å²) >= 11 is 6.08. The Kier molecular flexibility index (Phi) is 4.82. The van der Waals surface area contributed by atoms with Gasteiger partial charge in [0.25, 0.3) is 5.91 Å². The van der Waals surface area contributed by atoms with Crippen LogP contribution in [0.5, 0.6) is 0 Å². The number of amides is 1. The highest BCUT2D eigenvalue weighted by atomic mass is 35.5. The molecule has 0 unspecified atom stereocenters. The highest BCUT2D eigenvalue weighted by Crippen LogP contribution is 2.27. The molecular weight excluding hydrogens is 356 g/mol. The number of carbonyl (C=O) groups is 2. The minimum atomic E-state index is -1.74. The van der Waals surface area contributed by atoms with E-state index < -0.39 is 11.6 Å². The summed E-state index contributed by atoms with van der Waals surface area (Å²) in [5, 5.41) is 19.8. The fourth-order valence-electron chi connectivity index (χ4n) is 3.46. The molecule has 2 aromatic rings. The van der Waals surface area contributed by atoms with Crippen molar-refractivity contribution in [2.24, 2.45) is 0 Å².